The third-order valence-corrected chi connectivity index (χ3v) is 16.0. The summed E-state index contributed by atoms with van der Waals surface area (Å²) >= 11 is 13.1. The lowest BCUT2D eigenvalue weighted by atomic mass is 9.62. The molecule has 2 N–H and O–H groups in total. The number of aliphatic hydroxyl groups is 1. The van der Waals surface area contributed by atoms with Crippen molar-refractivity contribution in [3.63, 3.8) is 0 Å². The molecule has 7 rings (SSSR count). The Hall–Kier alpha value is -1.72. The predicted octanol–water partition coefficient (Wildman–Crippen LogP) is 6.76. The fourth-order valence-electron chi connectivity index (χ4n) is 12.2. The molecule has 3 aliphatic heterocycles. The van der Waals surface area contributed by atoms with Crippen LogP contribution < -0.4 is 5.32 Å². The van der Waals surface area contributed by atoms with E-state index in [0.29, 0.717) is 54.3 Å². The molecule has 0 radical (unpaired) electrons. The maximum Gasteiger partial charge on any atom is 0.306 e. The second kappa shape index (κ2) is 21.5. The number of esters is 1. The first-order valence-corrected chi connectivity index (χ1v) is 24.1. The molecule has 19 atom stereocenters. The van der Waals surface area contributed by atoms with Crippen LogP contribution in [0.4, 0.5) is 0 Å². The Kier molecular flexibility index (Phi) is 16.8. The maximum absolute atomic E-state index is 15.1. The van der Waals surface area contributed by atoms with Crippen LogP contribution in [0, 0.1) is 35.5 Å². The second-order valence-corrected chi connectivity index (χ2v) is 20.1. The first-order valence-electron chi connectivity index (χ1n) is 23.3. The fourth-order valence-corrected chi connectivity index (χ4v) is 12.6. The number of ketones is 1. The van der Waals surface area contributed by atoms with E-state index in [1.807, 2.05) is 26.8 Å². The summed E-state index contributed by atoms with van der Waals surface area (Å²) in [5.41, 5.74) is 1.39. The van der Waals surface area contributed by atoms with Crippen molar-refractivity contribution in [1.29, 1.82) is 0 Å². The Balaban J connectivity index is 1.20. The number of nitrogens with zero attached hydrogens (tertiary/aromatic N) is 1. The number of aliphatic hydroxyl groups excluding tert-OH is 1. The van der Waals surface area contributed by atoms with E-state index in [1.165, 1.54) is 0 Å². The number of nitrogens with one attached hydrogen (secondary N) is 1. The van der Waals surface area contributed by atoms with Gasteiger partial charge in [-0.05, 0) is 126 Å². The van der Waals surface area contributed by atoms with E-state index in [4.69, 9.17) is 61.1 Å². The van der Waals surface area contributed by atoms with Gasteiger partial charge in [-0.15, -0.1) is 0 Å². The molecule has 0 spiro atoms. The number of allylic oxidation sites excluding steroid dienone is 2. The molecule has 354 valence electrons. The Bertz CT molecular complexity index is 1750. The molecule has 15 heteroatoms. The van der Waals surface area contributed by atoms with Gasteiger partial charge < -0.3 is 53.2 Å². The molecule has 13 nitrogen and oxygen atoms in total. The molecular formula is C48H72Cl2N2O11. The van der Waals surface area contributed by atoms with Gasteiger partial charge in [-0.2, -0.15) is 0 Å². The lowest BCUT2D eigenvalue weighted by Gasteiger charge is -2.47. The minimum Gasteiger partial charge on any atom is -0.462 e. The highest BCUT2D eigenvalue weighted by atomic mass is 35.5. The van der Waals surface area contributed by atoms with Gasteiger partial charge in [0, 0.05) is 67.8 Å². The monoisotopic (exact) mass is 922 g/mol. The number of carbonyl (C=O) groups is 2. The lowest BCUT2D eigenvalue weighted by Crippen LogP contribution is -2.59. The number of halogens is 2. The van der Waals surface area contributed by atoms with E-state index in [2.05, 4.69) is 37.3 Å². The van der Waals surface area contributed by atoms with Gasteiger partial charge in [-0.1, -0.05) is 43.1 Å². The Labute approximate surface area is 384 Å². The van der Waals surface area contributed by atoms with Gasteiger partial charge in [0.25, 0.3) is 0 Å². The first kappa shape index (κ1) is 49.2. The molecule has 63 heavy (non-hydrogen) atoms. The highest BCUT2D eigenvalue weighted by molar-refractivity contribution is 6.33. The van der Waals surface area contributed by atoms with Crippen molar-refractivity contribution in [1.82, 2.24) is 10.2 Å². The predicted molar refractivity (Wildman–Crippen MR) is 238 cm³/mol. The highest BCUT2D eigenvalue weighted by Gasteiger charge is 2.60. The van der Waals surface area contributed by atoms with Gasteiger partial charge in [0.15, 0.2) is 18.4 Å². The summed E-state index contributed by atoms with van der Waals surface area (Å²) in [6.45, 7) is 8.37. The third-order valence-electron chi connectivity index (χ3n) is 15.4. The Morgan fingerprint density at radius 3 is 2.30 bits per heavy atom. The number of Topliss-reactive ketones (excluding diaryl/α,β-unsaturated/α-hetero) is 1. The lowest BCUT2D eigenvalue weighted by molar-refractivity contribution is -0.314. The zero-order chi connectivity index (χ0) is 45.3. The number of fused-ring (bicyclic) bond motifs is 5. The van der Waals surface area contributed by atoms with Gasteiger partial charge >= 0.3 is 5.97 Å². The van der Waals surface area contributed by atoms with Gasteiger partial charge in [0.05, 0.1) is 36.9 Å². The minimum absolute atomic E-state index is 0.00490. The summed E-state index contributed by atoms with van der Waals surface area (Å²) in [5.74, 6) is -2.19. The number of methoxy groups -OCH3 is 3. The molecule has 3 heterocycles. The van der Waals surface area contributed by atoms with Gasteiger partial charge in [-0.25, -0.2) is 0 Å². The largest absolute Gasteiger partial charge is 0.462 e. The molecule has 0 amide bonds. The zero-order valence-corrected chi connectivity index (χ0v) is 40.1. The molecule has 2 saturated carbocycles. The van der Waals surface area contributed by atoms with E-state index in [1.54, 1.807) is 33.5 Å². The normalized spacial score (nSPS) is 42.4. The number of cyclic esters (lactones) is 1. The summed E-state index contributed by atoms with van der Waals surface area (Å²) in [5, 5.41) is 17.6. The van der Waals surface area contributed by atoms with Crippen LogP contribution in [0.3, 0.4) is 0 Å². The molecule has 5 fully saturated rings. The summed E-state index contributed by atoms with van der Waals surface area (Å²) in [6.07, 6.45) is 3.04. The minimum atomic E-state index is -0.927. The number of carbonyl (C=O) groups excluding carboxylic acids is 2. The van der Waals surface area contributed by atoms with Crippen LogP contribution in [0.1, 0.15) is 91.0 Å². The number of rotatable bonds is 12. The van der Waals surface area contributed by atoms with Crippen LogP contribution >= 0.6 is 23.2 Å². The Morgan fingerprint density at radius 1 is 0.889 bits per heavy atom. The van der Waals surface area contributed by atoms with Crippen LogP contribution in [0.15, 0.2) is 29.8 Å². The topological polar surface area (TPSA) is 143 Å². The molecule has 3 saturated heterocycles. The van der Waals surface area contributed by atoms with E-state index in [9.17, 15) is 9.90 Å². The molecule has 1 aromatic carbocycles. The van der Waals surface area contributed by atoms with Crippen molar-refractivity contribution in [3.05, 3.63) is 45.5 Å². The number of hydrogen-bond acceptors (Lipinski definition) is 13. The number of benzene rings is 1. The van der Waals surface area contributed by atoms with E-state index in [-0.39, 0.29) is 72.5 Å². The van der Waals surface area contributed by atoms with Crippen LogP contribution in [0.5, 0.6) is 0 Å². The highest BCUT2D eigenvalue weighted by Crippen LogP contribution is 2.57. The number of likely N-dealkylation sites (N-methyl/N-ethyl adjacent to an activating group) is 1. The van der Waals surface area contributed by atoms with Crippen molar-refractivity contribution >= 4 is 35.0 Å². The van der Waals surface area contributed by atoms with E-state index < -0.39 is 60.8 Å². The smallest absolute Gasteiger partial charge is 0.306 e. The molecule has 3 aliphatic carbocycles. The maximum atomic E-state index is 15.1. The van der Waals surface area contributed by atoms with Gasteiger partial charge in [0.2, 0.25) is 0 Å². The van der Waals surface area contributed by atoms with Gasteiger partial charge in [0.1, 0.15) is 24.4 Å². The number of ether oxygens (including phenoxy) is 8. The van der Waals surface area contributed by atoms with Crippen molar-refractivity contribution in [2.24, 2.45) is 35.5 Å². The van der Waals surface area contributed by atoms with Crippen LogP contribution in [-0.2, 0) is 54.0 Å². The average molecular weight is 924 g/mol. The Morgan fingerprint density at radius 2 is 1.62 bits per heavy atom. The number of hydrogen-bond donors (Lipinski definition) is 2. The van der Waals surface area contributed by atoms with Crippen LogP contribution in [0.2, 0.25) is 10.0 Å². The van der Waals surface area contributed by atoms with Crippen molar-refractivity contribution in [2.45, 2.75) is 172 Å². The SMILES string of the molecule is CC[C@H]1CCC[C@H](O[C@H]2CC[C@H](N(C)C)C(C)O2)[C@@H](C)C(=O)C2=C[C@H]3[C@@H]4C[C@H](O[C@@H]5OC(C)[C@H](OC)C(OC)[C@@H]5OC)C[C@H]4[C@H](NCc4cc(Cl)ccc4Cl)[C@@H](O)[C@H]3[C@@H]2CC(=O)O1. The van der Waals surface area contributed by atoms with Crippen molar-refractivity contribution in [2.75, 3.05) is 35.4 Å². The van der Waals surface area contributed by atoms with Gasteiger partial charge in [-0.3, -0.25) is 9.59 Å². The summed E-state index contributed by atoms with van der Waals surface area (Å²) in [7, 11) is 9.03. The van der Waals surface area contributed by atoms with Crippen molar-refractivity contribution in [3.8, 4) is 0 Å². The first-order chi connectivity index (χ1) is 30.2. The molecule has 3 unspecified atom stereocenters. The second-order valence-electron chi connectivity index (χ2n) is 19.2. The summed E-state index contributed by atoms with van der Waals surface area (Å²) in [6, 6.07) is 5.21. The molecular weight excluding hydrogens is 851 g/mol. The molecule has 0 bridgehead atoms. The molecule has 0 aromatic heterocycles. The van der Waals surface area contributed by atoms with Crippen LogP contribution in [0.25, 0.3) is 0 Å². The van der Waals surface area contributed by atoms with E-state index >= 15 is 4.79 Å². The quantitative estimate of drug-likeness (QED) is 0.214. The molecule has 6 aliphatic rings. The summed E-state index contributed by atoms with van der Waals surface area (Å²) in [4.78, 5) is 31.3. The zero-order valence-electron chi connectivity index (χ0n) is 38.6. The fraction of sp³-hybridized carbons (Fsp3) is 0.792. The standard InChI is InChI=1S/C48H72Cl2N2O11/c1-10-29-12-11-13-38(63-40-17-16-37(52(5)6)25(3)59-40)24(2)43(54)35-21-32-31-19-30(62-48-47(58-9)46(57-8)45(56-7)26(4)60-48)20-34(31)42(44(55)41(32)33(35)22-39(53)61-29)51-23-27-18-28(49)14-15-36(27)50/h14-15,18,21,24-26,29-34,37-38,40-42,44-48,51,55H,10-13,16-17,19-20,22-23H2,1-9H3/t24-,25?,26?,29+,30+,31+,32+,33-,34-,37+,38+,40+,41-,42+,44+,45+,46?,47+,48+/m1/s1. The van der Waals surface area contributed by atoms with E-state index in [0.717, 1.165) is 24.8 Å². The van der Waals surface area contributed by atoms with Crippen molar-refractivity contribution < 1.29 is 52.6 Å². The average Bonchev–Trinajstić information content (AvgIpc) is 3.84. The third kappa shape index (κ3) is 10.6. The molecule has 1 aromatic rings. The summed E-state index contributed by atoms with van der Waals surface area (Å²) < 4.78 is 50.2. The van der Waals surface area contributed by atoms with Crippen LogP contribution in [-0.4, -0.2) is 137 Å².